The average Bonchev–Trinajstić information content (AvgIpc) is 2.78. The zero-order chi connectivity index (χ0) is 17.1. The van der Waals surface area contributed by atoms with Crippen molar-refractivity contribution >= 4 is 26.7 Å². The molecule has 1 aromatic carbocycles. The van der Waals surface area contributed by atoms with E-state index in [1.807, 2.05) is 18.2 Å². The van der Waals surface area contributed by atoms with Crippen LogP contribution in [0.1, 0.15) is 38.0 Å². The molecule has 2 aromatic rings. The molecular formula is C19H25BrN2O2. The SMILES string of the molecule is CCCC(c1cc2ccc(Br)cc2c(=O)o1)N1CCCN(C)CC1. The molecule has 0 bridgehead atoms. The van der Waals surface area contributed by atoms with Crippen LogP contribution in [0, 0.1) is 0 Å². The smallest absolute Gasteiger partial charge is 0.343 e. The number of rotatable bonds is 4. The highest BCUT2D eigenvalue weighted by Crippen LogP contribution is 2.28. The normalized spacial score (nSPS) is 18.6. The topological polar surface area (TPSA) is 36.7 Å². The highest BCUT2D eigenvalue weighted by atomic mass is 79.9. The van der Waals surface area contributed by atoms with Gasteiger partial charge in [-0.2, -0.15) is 0 Å². The van der Waals surface area contributed by atoms with Crippen molar-refractivity contribution in [2.75, 3.05) is 33.2 Å². The van der Waals surface area contributed by atoms with E-state index in [1.54, 1.807) is 0 Å². The number of nitrogens with zero attached hydrogens (tertiary/aromatic N) is 2. The molecule has 1 atom stereocenters. The molecule has 24 heavy (non-hydrogen) atoms. The first kappa shape index (κ1) is 17.6. The molecule has 1 aliphatic rings. The Balaban J connectivity index is 1.97. The molecule has 4 nitrogen and oxygen atoms in total. The van der Waals surface area contributed by atoms with Crippen molar-refractivity contribution in [3.63, 3.8) is 0 Å². The summed E-state index contributed by atoms with van der Waals surface area (Å²) in [5, 5.41) is 1.59. The zero-order valence-electron chi connectivity index (χ0n) is 14.4. The Morgan fingerprint density at radius 2 is 2.04 bits per heavy atom. The highest BCUT2D eigenvalue weighted by Gasteiger charge is 2.24. The van der Waals surface area contributed by atoms with E-state index in [-0.39, 0.29) is 11.7 Å². The Bertz CT molecular complexity index is 759. The van der Waals surface area contributed by atoms with Crippen LogP contribution in [0.2, 0.25) is 0 Å². The van der Waals surface area contributed by atoms with Gasteiger partial charge in [-0.1, -0.05) is 35.3 Å². The van der Waals surface area contributed by atoms with Gasteiger partial charge in [0.2, 0.25) is 0 Å². The second-order valence-corrected chi connectivity index (χ2v) is 7.58. The maximum absolute atomic E-state index is 12.4. The number of benzene rings is 1. The van der Waals surface area contributed by atoms with Crippen LogP contribution in [0.4, 0.5) is 0 Å². The lowest BCUT2D eigenvalue weighted by molar-refractivity contribution is 0.166. The predicted octanol–water partition coefficient (Wildman–Crippen LogP) is 4.03. The molecule has 0 spiro atoms. The summed E-state index contributed by atoms with van der Waals surface area (Å²) in [5.74, 6) is 0.807. The number of likely N-dealkylation sites (N-methyl/N-ethyl adjacent to an activating group) is 1. The summed E-state index contributed by atoms with van der Waals surface area (Å²) in [4.78, 5) is 17.3. The molecular weight excluding hydrogens is 368 g/mol. The minimum atomic E-state index is -0.239. The van der Waals surface area contributed by atoms with E-state index in [2.05, 4.69) is 45.8 Å². The zero-order valence-corrected chi connectivity index (χ0v) is 16.0. The van der Waals surface area contributed by atoms with Crippen LogP contribution < -0.4 is 5.63 Å². The summed E-state index contributed by atoms with van der Waals surface area (Å²) in [6, 6.07) is 8.03. The van der Waals surface area contributed by atoms with Crippen molar-refractivity contribution < 1.29 is 4.42 Å². The number of hydrogen-bond acceptors (Lipinski definition) is 4. The fourth-order valence-corrected chi connectivity index (χ4v) is 3.86. The molecule has 0 radical (unpaired) electrons. The van der Waals surface area contributed by atoms with Crippen LogP contribution in [0.15, 0.2) is 37.9 Å². The van der Waals surface area contributed by atoms with Gasteiger partial charge < -0.3 is 9.32 Å². The largest absolute Gasteiger partial charge is 0.426 e. The lowest BCUT2D eigenvalue weighted by Gasteiger charge is -2.29. The van der Waals surface area contributed by atoms with E-state index in [9.17, 15) is 4.79 Å². The molecule has 0 saturated carbocycles. The van der Waals surface area contributed by atoms with Gasteiger partial charge >= 0.3 is 5.63 Å². The molecule has 1 unspecified atom stereocenters. The number of hydrogen-bond donors (Lipinski definition) is 0. The Hall–Kier alpha value is -1.17. The third-order valence-corrected chi connectivity index (χ3v) is 5.32. The maximum atomic E-state index is 12.4. The molecule has 0 aliphatic carbocycles. The van der Waals surface area contributed by atoms with E-state index < -0.39 is 0 Å². The Kier molecular flexibility index (Phi) is 5.74. The van der Waals surface area contributed by atoms with Gasteiger partial charge in [0, 0.05) is 24.1 Å². The van der Waals surface area contributed by atoms with E-state index in [0.29, 0.717) is 5.39 Å². The van der Waals surface area contributed by atoms with Gasteiger partial charge in [-0.3, -0.25) is 4.90 Å². The predicted molar refractivity (Wildman–Crippen MR) is 102 cm³/mol. The van der Waals surface area contributed by atoms with E-state index in [0.717, 1.165) is 61.1 Å². The lowest BCUT2D eigenvalue weighted by atomic mass is 10.0. The molecule has 0 N–H and O–H groups in total. The molecule has 1 fully saturated rings. The van der Waals surface area contributed by atoms with Crippen LogP contribution in [0.5, 0.6) is 0 Å². The summed E-state index contributed by atoms with van der Waals surface area (Å²) in [6.07, 6.45) is 3.23. The third kappa shape index (κ3) is 3.90. The molecule has 1 aromatic heterocycles. The van der Waals surface area contributed by atoms with Crippen molar-refractivity contribution in [3.8, 4) is 0 Å². The fraction of sp³-hybridized carbons (Fsp3) is 0.526. The first-order chi connectivity index (χ1) is 11.6. The molecule has 3 rings (SSSR count). The van der Waals surface area contributed by atoms with Crippen molar-refractivity contribution in [2.45, 2.75) is 32.2 Å². The minimum absolute atomic E-state index is 0.183. The van der Waals surface area contributed by atoms with Gasteiger partial charge in [0.1, 0.15) is 5.76 Å². The van der Waals surface area contributed by atoms with Crippen LogP contribution in [0.3, 0.4) is 0 Å². The second kappa shape index (κ2) is 7.81. The first-order valence-electron chi connectivity index (χ1n) is 8.74. The summed E-state index contributed by atoms with van der Waals surface area (Å²) in [7, 11) is 2.17. The molecule has 2 heterocycles. The van der Waals surface area contributed by atoms with Gasteiger partial charge in [0.15, 0.2) is 0 Å². The van der Waals surface area contributed by atoms with E-state index in [4.69, 9.17) is 4.42 Å². The van der Waals surface area contributed by atoms with Gasteiger partial charge in [-0.15, -0.1) is 0 Å². The van der Waals surface area contributed by atoms with Crippen LogP contribution in [-0.4, -0.2) is 43.0 Å². The van der Waals surface area contributed by atoms with Crippen LogP contribution >= 0.6 is 15.9 Å². The monoisotopic (exact) mass is 392 g/mol. The van der Waals surface area contributed by atoms with E-state index >= 15 is 0 Å². The maximum Gasteiger partial charge on any atom is 0.343 e. The number of halogens is 1. The third-order valence-electron chi connectivity index (χ3n) is 4.83. The highest BCUT2D eigenvalue weighted by molar-refractivity contribution is 9.10. The van der Waals surface area contributed by atoms with Gasteiger partial charge in [-0.05, 0) is 50.0 Å². The molecule has 1 aliphatic heterocycles. The van der Waals surface area contributed by atoms with E-state index in [1.165, 1.54) is 0 Å². The second-order valence-electron chi connectivity index (χ2n) is 6.67. The Labute approximate surface area is 151 Å². The summed E-state index contributed by atoms with van der Waals surface area (Å²) in [6.45, 7) is 6.45. The van der Waals surface area contributed by atoms with Crippen molar-refractivity contribution in [2.24, 2.45) is 0 Å². The standard InChI is InChI=1S/C19H25BrN2O2/c1-3-5-17(22-9-4-8-21(2)10-11-22)18-12-14-6-7-15(20)13-16(14)19(23)24-18/h6-7,12-13,17H,3-5,8-11H2,1-2H3. The van der Waals surface area contributed by atoms with Gasteiger partial charge in [0.25, 0.3) is 0 Å². The average molecular weight is 393 g/mol. The van der Waals surface area contributed by atoms with Crippen LogP contribution in [0.25, 0.3) is 10.8 Å². The minimum Gasteiger partial charge on any atom is -0.426 e. The van der Waals surface area contributed by atoms with Crippen LogP contribution in [-0.2, 0) is 0 Å². The lowest BCUT2D eigenvalue weighted by Crippen LogP contribution is -2.33. The van der Waals surface area contributed by atoms with Gasteiger partial charge in [0.05, 0.1) is 11.4 Å². The summed E-state index contributed by atoms with van der Waals surface area (Å²) >= 11 is 3.42. The first-order valence-corrected chi connectivity index (χ1v) is 9.53. The molecule has 130 valence electrons. The Morgan fingerprint density at radius 3 is 2.83 bits per heavy atom. The molecule has 5 heteroatoms. The fourth-order valence-electron chi connectivity index (χ4n) is 3.50. The number of fused-ring (bicyclic) bond motifs is 1. The molecule has 1 saturated heterocycles. The van der Waals surface area contributed by atoms with Crippen molar-refractivity contribution in [3.05, 3.63) is 44.9 Å². The van der Waals surface area contributed by atoms with Crippen molar-refractivity contribution in [1.29, 1.82) is 0 Å². The summed E-state index contributed by atoms with van der Waals surface area (Å²) in [5.41, 5.74) is -0.239. The summed E-state index contributed by atoms with van der Waals surface area (Å²) < 4.78 is 6.65. The van der Waals surface area contributed by atoms with Crippen molar-refractivity contribution in [1.82, 2.24) is 9.80 Å². The molecule has 0 amide bonds. The van der Waals surface area contributed by atoms with Gasteiger partial charge in [-0.25, -0.2) is 4.79 Å². The Morgan fingerprint density at radius 1 is 1.21 bits per heavy atom. The quantitative estimate of drug-likeness (QED) is 0.786.